The molecule has 0 bridgehead atoms. The Hall–Kier alpha value is -1.37. The van der Waals surface area contributed by atoms with Crippen LogP contribution < -0.4 is 10.1 Å². The second kappa shape index (κ2) is 5.32. The van der Waals surface area contributed by atoms with E-state index >= 15 is 0 Å². The zero-order valence-corrected chi connectivity index (χ0v) is 11.4. The van der Waals surface area contributed by atoms with Gasteiger partial charge in [0.1, 0.15) is 5.75 Å². The van der Waals surface area contributed by atoms with Crippen molar-refractivity contribution in [3.63, 3.8) is 0 Å². The maximum absolute atomic E-state index is 6.14. The fourth-order valence-electron chi connectivity index (χ4n) is 2.11. The minimum atomic E-state index is 0.110. The van der Waals surface area contributed by atoms with E-state index in [9.17, 15) is 0 Å². The van der Waals surface area contributed by atoms with E-state index in [1.54, 1.807) is 6.07 Å². The first kappa shape index (κ1) is 12.7. The summed E-state index contributed by atoms with van der Waals surface area (Å²) in [5.41, 5.74) is 0.965. The third kappa shape index (κ3) is 2.65. The molecule has 0 aliphatic carbocycles. The second-order valence-corrected chi connectivity index (χ2v) is 5.05. The topological polar surface area (TPSA) is 75.7 Å². The van der Waals surface area contributed by atoms with Crippen LogP contribution in [-0.4, -0.2) is 27.2 Å². The fraction of sp³-hybridized carbons (Fsp3) is 0.364. The van der Waals surface area contributed by atoms with Crippen molar-refractivity contribution in [1.29, 1.82) is 0 Å². The first-order chi connectivity index (χ1) is 9.24. The maximum Gasteiger partial charge on any atom is 0.188 e. The van der Waals surface area contributed by atoms with Crippen molar-refractivity contribution < 1.29 is 4.74 Å². The minimum absolute atomic E-state index is 0.110. The van der Waals surface area contributed by atoms with Crippen molar-refractivity contribution in [3.8, 4) is 5.75 Å². The van der Waals surface area contributed by atoms with Gasteiger partial charge in [0.25, 0.3) is 0 Å². The number of tetrazole rings is 1. The molecule has 1 atom stereocenters. The first-order valence-electron chi connectivity index (χ1n) is 5.81. The van der Waals surface area contributed by atoms with Crippen molar-refractivity contribution in [2.24, 2.45) is 0 Å². The highest BCUT2D eigenvalue weighted by molar-refractivity contribution is 6.35. The molecule has 0 saturated carbocycles. The minimum Gasteiger partial charge on any atom is -0.492 e. The number of H-pyrrole nitrogens is 1. The van der Waals surface area contributed by atoms with E-state index in [-0.39, 0.29) is 6.04 Å². The number of aromatic amines is 1. The number of fused-ring (bicyclic) bond motifs is 1. The highest BCUT2D eigenvalue weighted by Crippen LogP contribution is 2.39. The summed E-state index contributed by atoms with van der Waals surface area (Å²) in [6, 6.07) is 3.66. The number of nitrogens with one attached hydrogen (secondary N) is 2. The predicted molar refractivity (Wildman–Crippen MR) is 70.3 cm³/mol. The quantitative estimate of drug-likeness (QED) is 0.908. The number of rotatable bonds is 3. The summed E-state index contributed by atoms with van der Waals surface area (Å²) in [6.45, 7) is 1.13. The number of hydrogen-bond donors (Lipinski definition) is 2. The Bertz CT molecular complexity index is 575. The summed E-state index contributed by atoms with van der Waals surface area (Å²) < 4.78 is 5.60. The van der Waals surface area contributed by atoms with Crippen molar-refractivity contribution in [1.82, 2.24) is 25.9 Å². The van der Waals surface area contributed by atoms with Gasteiger partial charge in [-0.25, -0.2) is 0 Å². The standard InChI is InChI=1S/C11H11Cl2N5O/c12-6-3-7-9(14-5-10-15-17-18-16-10)1-2-19-11(7)8(13)4-6/h3-4,9,14H,1-2,5H2,(H,15,16,17,18). The van der Waals surface area contributed by atoms with E-state index in [0.29, 0.717) is 34.8 Å². The van der Waals surface area contributed by atoms with Crippen molar-refractivity contribution in [3.05, 3.63) is 33.6 Å². The first-order valence-corrected chi connectivity index (χ1v) is 6.57. The summed E-state index contributed by atoms with van der Waals surface area (Å²) in [5.74, 6) is 1.31. The molecule has 1 unspecified atom stereocenters. The molecule has 0 fully saturated rings. The summed E-state index contributed by atoms with van der Waals surface area (Å²) >= 11 is 12.2. The van der Waals surface area contributed by atoms with Gasteiger partial charge < -0.3 is 10.1 Å². The summed E-state index contributed by atoms with van der Waals surface area (Å²) in [6.07, 6.45) is 0.835. The van der Waals surface area contributed by atoms with Crippen LogP contribution in [0.15, 0.2) is 12.1 Å². The van der Waals surface area contributed by atoms with E-state index in [1.165, 1.54) is 0 Å². The molecule has 1 aliphatic heterocycles. The van der Waals surface area contributed by atoms with Gasteiger partial charge in [0.05, 0.1) is 18.2 Å². The number of aromatic nitrogens is 4. The van der Waals surface area contributed by atoms with Gasteiger partial charge in [-0.3, -0.25) is 0 Å². The van der Waals surface area contributed by atoms with Gasteiger partial charge in [-0.15, -0.1) is 10.2 Å². The van der Waals surface area contributed by atoms with Gasteiger partial charge in [-0.1, -0.05) is 28.4 Å². The predicted octanol–water partition coefficient (Wildman–Crippen LogP) is 2.12. The van der Waals surface area contributed by atoms with Gasteiger partial charge in [0.15, 0.2) is 5.82 Å². The van der Waals surface area contributed by atoms with E-state index in [1.807, 2.05) is 6.07 Å². The Labute approximate surface area is 119 Å². The van der Waals surface area contributed by atoms with Gasteiger partial charge in [-0.2, -0.15) is 5.21 Å². The molecule has 1 aromatic carbocycles. The van der Waals surface area contributed by atoms with Gasteiger partial charge in [-0.05, 0) is 12.1 Å². The van der Waals surface area contributed by atoms with Gasteiger partial charge in [0.2, 0.25) is 0 Å². The molecule has 0 saturated heterocycles. The van der Waals surface area contributed by atoms with E-state index < -0.39 is 0 Å². The Morgan fingerprint density at radius 2 is 2.32 bits per heavy atom. The zero-order valence-electron chi connectivity index (χ0n) is 9.86. The molecule has 2 N–H and O–H groups in total. The SMILES string of the molecule is Clc1cc(Cl)c2c(c1)C(NCc1nn[nH]n1)CCO2. The molecule has 2 aromatic rings. The van der Waals surface area contributed by atoms with Crippen LogP contribution in [-0.2, 0) is 6.54 Å². The lowest BCUT2D eigenvalue weighted by Gasteiger charge is -2.27. The molecule has 2 heterocycles. The molecule has 8 heteroatoms. The van der Waals surface area contributed by atoms with Crippen LogP contribution in [0, 0.1) is 0 Å². The Morgan fingerprint density at radius 3 is 3.11 bits per heavy atom. The van der Waals surface area contributed by atoms with Gasteiger partial charge in [0, 0.05) is 23.0 Å². The number of hydrogen-bond acceptors (Lipinski definition) is 5. The number of ether oxygens (including phenoxy) is 1. The highest BCUT2D eigenvalue weighted by Gasteiger charge is 2.24. The third-order valence-electron chi connectivity index (χ3n) is 2.96. The van der Waals surface area contributed by atoms with Crippen molar-refractivity contribution >= 4 is 23.2 Å². The molecule has 1 aliphatic rings. The lowest BCUT2D eigenvalue weighted by Crippen LogP contribution is -2.27. The molecular weight excluding hydrogens is 289 g/mol. The third-order valence-corrected chi connectivity index (χ3v) is 3.46. The van der Waals surface area contributed by atoms with Crippen molar-refractivity contribution in [2.45, 2.75) is 19.0 Å². The molecule has 0 radical (unpaired) electrons. The summed E-state index contributed by atoms with van der Waals surface area (Å²) in [5, 5.41) is 18.2. The fourth-order valence-corrected chi connectivity index (χ4v) is 2.67. The van der Waals surface area contributed by atoms with Crippen LogP contribution in [0.3, 0.4) is 0 Å². The smallest absolute Gasteiger partial charge is 0.188 e. The van der Waals surface area contributed by atoms with Crippen LogP contribution >= 0.6 is 23.2 Å². The average Bonchev–Trinajstić information content (AvgIpc) is 2.89. The Morgan fingerprint density at radius 1 is 1.42 bits per heavy atom. The van der Waals surface area contributed by atoms with Crippen LogP contribution in [0.1, 0.15) is 23.9 Å². The second-order valence-electron chi connectivity index (χ2n) is 4.20. The van der Waals surface area contributed by atoms with E-state index in [4.69, 9.17) is 27.9 Å². The van der Waals surface area contributed by atoms with Crippen molar-refractivity contribution in [2.75, 3.05) is 6.61 Å². The summed E-state index contributed by atoms with van der Waals surface area (Å²) in [4.78, 5) is 0. The molecular formula is C11H11Cl2N5O. The molecule has 1 aromatic heterocycles. The number of benzene rings is 1. The molecule has 6 nitrogen and oxygen atoms in total. The monoisotopic (exact) mass is 299 g/mol. The van der Waals surface area contributed by atoms with Crippen LogP contribution in [0.2, 0.25) is 10.0 Å². The van der Waals surface area contributed by atoms with Crippen LogP contribution in [0.25, 0.3) is 0 Å². The number of halogens is 2. The molecule has 100 valence electrons. The lowest BCUT2D eigenvalue weighted by molar-refractivity contribution is 0.252. The largest absolute Gasteiger partial charge is 0.492 e. The molecule has 0 amide bonds. The average molecular weight is 300 g/mol. The maximum atomic E-state index is 6.14. The highest BCUT2D eigenvalue weighted by atomic mass is 35.5. The molecule has 19 heavy (non-hydrogen) atoms. The number of nitrogens with zero attached hydrogens (tertiary/aromatic N) is 3. The molecule has 0 spiro atoms. The van der Waals surface area contributed by atoms with Crippen LogP contribution in [0.4, 0.5) is 0 Å². The Kier molecular flexibility index (Phi) is 3.54. The lowest BCUT2D eigenvalue weighted by atomic mass is 10.0. The summed E-state index contributed by atoms with van der Waals surface area (Å²) in [7, 11) is 0. The Balaban J connectivity index is 1.81. The normalized spacial score (nSPS) is 17.9. The molecule has 3 rings (SSSR count). The van der Waals surface area contributed by atoms with Gasteiger partial charge >= 0.3 is 0 Å². The zero-order chi connectivity index (χ0) is 13.2. The van der Waals surface area contributed by atoms with E-state index in [2.05, 4.69) is 25.9 Å². The van der Waals surface area contributed by atoms with E-state index in [0.717, 1.165) is 12.0 Å². The van der Waals surface area contributed by atoms with Crippen LogP contribution in [0.5, 0.6) is 5.75 Å².